The van der Waals surface area contributed by atoms with Gasteiger partial charge in [-0.05, 0) is 42.5 Å². The standard InChI is InChI=1S/C27H29ClN4O3/c1-15-8-7-10-20(16(15)2)29-26(33)24-23-18-9-5-6-11-21(18)31(3)25(23)27(34)32(30-24)17-12-13-22(35-4)19(28)14-17/h5-6,9,11-16,20H,7-8,10H2,1-4H3,(H,29,33)/t15-,16-,20+/m0/s1. The van der Waals surface area contributed by atoms with Crippen molar-refractivity contribution in [3.63, 3.8) is 0 Å². The molecular formula is C27H29ClN4O3. The summed E-state index contributed by atoms with van der Waals surface area (Å²) in [5.41, 5.74) is 1.65. The average molecular weight is 493 g/mol. The molecule has 1 fully saturated rings. The van der Waals surface area contributed by atoms with Crippen LogP contribution in [0.4, 0.5) is 0 Å². The fourth-order valence-corrected chi connectivity index (χ4v) is 5.57. The number of methoxy groups -OCH3 is 1. The Morgan fingerprint density at radius 2 is 1.94 bits per heavy atom. The second-order valence-corrected chi connectivity index (χ2v) is 9.94. The number of para-hydroxylation sites is 1. The van der Waals surface area contributed by atoms with Crippen LogP contribution in [0.15, 0.2) is 47.3 Å². The lowest BCUT2D eigenvalue weighted by molar-refractivity contribution is 0.0886. The maximum Gasteiger partial charge on any atom is 0.296 e. The third-order valence-electron chi connectivity index (χ3n) is 7.56. The Morgan fingerprint density at radius 3 is 2.69 bits per heavy atom. The summed E-state index contributed by atoms with van der Waals surface area (Å²) < 4.78 is 8.34. The van der Waals surface area contributed by atoms with Gasteiger partial charge in [-0.15, -0.1) is 0 Å². The highest BCUT2D eigenvalue weighted by atomic mass is 35.5. The van der Waals surface area contributed by atoms with Crippen LogP contribution in [0.2, 0.25) is 5.02 Å². The van der Waals surface area contributed by atoms with E-state index in [0.717, 1.165) is 23.7 Å². The first kappa shape index (κ1) is 23.4. The predicted octanol–water partition coefficient (Wildman–Crippen LogP) is 5.09. The van der Waals surface area contributed by atoms with E-state index in [-0.39, 0.29) is 23.2 Å². The molecule has 1 N–H and O–H groups in total. The third-order valence-corrected chi connectivity index (χ3v) is 7.85. The van der Waals surface area contributed by atoms with Crippen LogP contribution < -0.4 is 15.6 Å². The van der Waals surface area contributed by atoms with Crippen molar-refractivity contribution in [2.24, 2.45) is 18.9 Å². The van der Waals surface area contributed by atoms with Crippen LogP contribution in [0.25, 0.3) is 27.5 Å². The van der Waals surface area contributed by atoms with E-state index in [0.29, 0.717) is 39.2 Å². The first-order chi connectivity index (χ1) is 16.8. The van der Waals surface area contributed by atoms with Gasteiger partial charge in [0.1, 0.15) is 11.3 Å². The van der Waals surface area contributed by atoms with Gasteiger partial charge in [0.05, 0.1) is 17.8 Å². The number of amides is 1. The van der Waals surface area contributed by atoms with Gasteiger partial charge >= 0.3 is 0 Å². The molecule has 4 aromatic rings. The summed E-state index contributed by atoms with van der Waals surface area (Å²) in [6.07, 6.45) is 3.18. The molecule has 0 unspecified atom stereocenters. The molecule has 35 heavy (non-hydrogen) atoms. The lowest BCUT2D eigenvalue weighted by Gasteiger charge is -2.34. The van der Waals surface area contributed by atoms with E-state index in [4.69, 9.17) is 16.3 Å². The number of fused-ring (bicyclic) bond motifs is 3. The molecule has 0 radical (unpaired) electrons. The van der Waals surface area contributed by atoms with Crippen molar-refractivity contribution in [1.82, 2.24) is 19.7 Å². The molecular weight excluding hydrogens is 464 g/mol. The Balaban J connectivity index is 1.73. The molecule has 3 atom stereocenters. The lowest BCUT2D eigenvalue weighted by atomic mass is 9.78. The minimum atomic E-state index is -0.323. The van der Waals surface area contributed by atoms with Crippen LogP contribution >= 0.6 is 11.6 Å². The summed E-state index contributed by atoms with van der Waals surface area (Å²) in [5, 5.41) is 9.60. The summed E-state index contributed by atoms with van der Waals surface area (Å²) in [5.74, 6) is 1.12. The van der Waals surface area contributed by atoms with Gasteiger partial charge in [-0.1, -0.05) is 56.5 Å². The quantitative estimate of drug-likeness (QED) is 0.430. The Kier molecular flexibility index (Phi) is 6.05. The molecule has 5 rings (SSSR count). The van der Waals surface area contributed by atoms with Gasteiger partial charge in [0.2, 0.25) is 0 Å². The van der Waals surface area contributed by atoms with Crippen molar-refractivity contribution in [2.75, 3.05) is 7.11 Å². The second kappa shape index (κ2) is 9.04. The van der Waals surface area contributed by atoms with Gasteiger partial charge in [-0.3, -0.25) is 9.59 Å². The smallest absolute Gasteiger partial charge is 0.296 e. The molecule has 2 aromatic carbocycles. The number of ether oxygens (including phenoxy) is 1. The minimum absolute atomic E-state index is 0.0638. The summed E-state index contributed by atoms with van der Waals surface area (Å²) in [7, 11) is 3.37. The number of benzene rings is 2. The van der Waals surface area contributed by atoms with Crippen LogP contribution in [-0.4, -0.2) is 33.4 Å². The number of aromatic nitrogens is 3. The molecule has 1 aliphatic carbocycles. The molecule has 1 saturated carbocycles. The molecule has 1 aliphatic rings. The third kappa shape index (κ3) is 3.88. The van der Waals surface area contributed by atoms with E-state index < -0.39 is 0 Å². The lowest BCUT2D eigenvalue weighted by Crippen LogP contribution is -2.44. The highest BCUT2D eigenvalue weighted by Crippen LogP contribution is 2.32. The van der Waals surface area contributed by atoms with Gasteiger partial charge in [0, 0.05) is 29.4 Å². The Labute approximate surface area is 208 Å². The van der Waals surface area contributed by atoms with Crippen molar-refractivity contribution in [1.29, 1.82) is 0 Å². The summed E-state index contributed by atoms with van der Waals surface area (Å²) in [6.45, 7) is 4.42. The number of nitrogens with zero attached hydrogens (tertiary/aromatic N) is 3. The summed E-state index contributed by atoms with van der Waals surface area (Å²) in [6, 6.07) is 12.8. The zero-order valence-electron chi connectivity index (χ0n) is 20.3. The van der Waals surface area contributed by atoms with Crippen LogP contribution in [0, 0.1) is 11.8 Å². The molecule has 182 valence electrons. The van der Waals surface area contributed by atoms with Crippen molar-refractivity contribution in [2.45, 2.75) is 39.2 Å². The Morgan fingerprint density at radius 1 is 1.17 bits per heavy atom. The minimum Gasteiger partial charge on any atom is -0.495 e. The monoisotopic (exact) mass is 492 g/mol. The SMILES string of the molecule is COc1ccc(-n2nc(C(=O)N[C@@H]3CCC[C@H](C)[C@@H]3C)c3c4ccccc4n(C)c3c2=O)cc1Cl. The average Bonchev–Trinajstić information content (AvgIpc) is 3.15. The number of nitrogens with one attached hydrogen (secondary N) is 1. The zero-order chi connectivity index (χ0) is 24.9. The molecule has 0 bridgehead atoms. The second-order valence-electron chi connectivity index (χ2n) is 9.53. The van der Waals surface area contributed by atoms with E-state index in [1.807, 2.05) is 35.9 Å². The molecule has 8 heteroatoms. The molecule has 0 aliphatic heterocycles. The fraction of sp³-hybridized carbons (Fsp3) is 0.370. The van der Waals surface area contributed by atoms with Crippen LogP contribution in [0.1, 0.15) is 43.6 Å². The molecule has 2 aromatic heterocycles. The number of aryl methyl sites for hydroxylation is 1. The molecule has 0 spiro atoms. The maximum atomic E-state index is 13.7. The highest BCUT2D eigenvalue weighted by molar-refractivity contribution is 6.32. The van der Waals surface area contributed by atoms with Crippen LogP contribution in [0.5, 0.6) is 5.75 Å². The van der Waals surface area contributed by atoms with Gasteiger partial charge < -0.3 is 14.6 Å². The predicted molar refractivity (Wildman–Crippen MR) is 139 cm³/mol. The molecule has 1 amide bonds. The Hall–Kier alpha value is -3.32. The number of carbonyl (C=O) groups is 1. The molecule has 7 nitrogen and oxygen atoms in total. The number of halogens is 1. The maximum absolute atomic E-state index is 13.7. The van der Waals surface area contributed by atoms with E-state index >= 15 is 0 Å². The van der Waals surface area contributed by atoms with Crippen LogP contribution in [0.3, 0.4) is 0 Å². The summed E-state index contributed by atoms with van der Waals surface area (Å²) >= 11 is 6.35. The van der Waals surface area contributed by atoms with E-state index in [9.17, 15) is 9.59 Å². The zero-order valence-corrected chi connectivity index (χ0v) is 21.1. The number of hydrogen-bond donors (Lipinski definition) is 1. The van der Waals surface area contributed by atoms with E-state index in [1.165, 1.54) is 18.2 Å². The number of carbonyl (C=O) groups excluding carboxylic acids is 1. The topological polar surface area (TPSA) is 78.2 Å². The van der Waals surface area contributed by atoms with Gasteiger partial charge in [-0.25, -0.2) is 0 Å². The summed E-state index contributed by atoms with van der Waals surface area (Å²) in [4.78, 5) is 27.5. The molecule has 0 saturated heterocycles. The van der Waals surface area contributed by atoms with Crippen molar-refractivity contribution in [3.05, 3.63) is 63.5 Å². The Bertz CT molecular complexity index is 1510. The van der Waals surface area contributed by atoms with Crippen molar-refractivity contribution < 1.29 is 9.53 Å². The van der Waals surface area contributed by atoms with E-state index in [1.54, 1.807) is 18.2 Å². The van der Waals surface area contributed by atoms with Crippen LogP contribution in [-0.2, 0) is 7.05 Å². The first-order valence-electron chi connectivity index (χ1n) is 12.0. The van der Waals surface area contributed by atoms with Crippen molar-refractivity contribution >= 4 is 39.3 Å². The van der Waals surface area contributed by atoms with Gasteiger partial charge in [0.25, 0.3) is 11.5 Å². The van der Waals surface area contributed by atoms with Crippen molar-refractivity contribution in [3.8, 4) is 11.4 Å². The number of rotatable bonds is 4. The molecule has 2 heterocycles. The van der Waals surface area contributed by atoms with Gasteiger partial charge in [-0.2, -0.15) is 9.78 Å². The van der Waals surface area contributed by atoms with E-state index in [2.05, 4.69) is 24.3 Å². The highest BCUT2D eigenvalue weighted by Gasteiger charge is 2.30. The first-order valence-corrected chi connectivity index (χ1v) is 12.3. The fourth-order valence-electron chi connectivity index (χ4n) is 5.32. The number of hydrogen-bond acceptors (Lipinski definition) is 4. The van der Waals surface area contributed by atoms with Gasteiger partial charge in [0.15, 0.2) is 5.69 Å². The normalized spacial score (nSPS) is 20.3. The largest absolute Gasteiger partial charge is 0.495 e.